The van der Waals surface area contributed by atoms with Crippen molar-refractivity contribution >= 4 is 6.03 Å². The number of rotatable bonds is 6. The molecule has 0 fully saturated rings. The van der Waals surface area contributed by atoms with Gasteiger partial charge in [-0.15, -0.1) is 0 Å². The molecular weight excluding hydrogens is 290 g/mol. The lowest BCUT2D eigenvalue weighted by Gasteiger charge is -2.14. The summed E-state index contributed by atoms with van der Waals surface area (Å²) in [5.74, 6) is 0.847. The molecule has 1 aromatic carbocycles. The van der Waals surface area contributed by atoms with Crippen molar-refractivity contribution in [1.29, 1.82) is 0 Å². The van der Waals surface area contributed by atoms with E-state index in [-0.39, 0.29) is 12.1 Å². The second kappa shape index (κ2) is 8.17. The first-order valence-electron chi connectivity index (χ1n) is 7.71. The molecular formula is C18H23N3O2. The number of carbonyl (C=O) groups is 1. The van der Waals surface area contributed by atoms with E-state index in [2.05, 4.69) is 21.7 Å². The van der Waals surface area contributed by atoms with E-state index in [1.54, 1.807) is 6.20 Å². The number of hydrogen-bond acceptors (Lipinski definition) is 3. The smallest absolute Gasteiger partial charge is 0.315 e. The lowest BCUT2D eigenvalue weighted by atomic mass is 10.1. The summed E-state index contributed by atoms with van der Waals surface area (Å²) in [6, 6.07) is 11.3. The number of aromatic nitrogens is 1. The van der Waals surface area contributed by atoms with Gasteiger partial charge in [-0.05, 0) is 44.5 Å². The van der Waals surface area contributed by atoms with Crippen LogP contribution in [0.15, 0.2) is 42.6 Å². The quantitative estimate of drug-likeness (QED) is 0.805. The summed E-state index contributed by atoms with van der Waals surface area (Å²) in [5.41, 5.74) is 3.13. The standard InChI is InChI=1S/C18H23N3O2/c1-13-7-8-17(14(2)12-13)23-11-10-20-18(22)21-15(3)16-6-4-5-9-19-16/h4-9,12,15H,10-11H2,1-3H3,(H2,20,21,22)/t15-/m0/s1. The number of aryl methyl sites for hydroxylation is 2. The fourth-order valence-corrected chi connectivity index (χ4v) is 2.24. The van der Waals surface area contributed by atoms with Crippen LogP contribution in [0.5, 0.6) is 5.75 Å². The highest BCUT2D eigenvalue weighted by atomic mass is 16.5. The van der Waals surface area contributed by atoms with Crippen molar-refractivity contribution in [2.24, 2.45) is 0 Å². The third-order valence-electron chi connectivity index (χ3n) is 3.45. The fraction of sp³-hybridized carbons (Fsp3) is 0.333. The minimum absolute atomic E-state index is 0.142. The van der Waals surface area contributed by atoms with Crippen molar-refractivity contribution in [3.63, 3.8) is 0 Å². The lowest BCUT2D eigenvalue weighted by molar-refractivity contribution is 0.233. The number of carbonyl (C=O) groups excluding carboxylic acids is 1. The summed E-state index contributed by atoms with van der Waals surface area (Å²) in [4.78, 5) is 16.1. The van der Waals surface area contributed by atoms with Gasteiger partial charge in [0.1, 0.15) is 12.4 Å². The Morgan fingerprint density at radius 2 is 2.09 bits per heavy atom. The van der Waals surface area contributed by atoms with Crippen molar-refractivity contribution < 1.29 is 9.53 Å². The molecule has 0 unspecified atom stereocenters. The van der Waals surface area contributed by atoms with Gasteiger partial charge in [-0.3, -0.25) is 4.98 Å². The van der Waals surface area contributed by atoms with Crippen LogP contribution >= 0.6 is 0 Å². The van der Waals surface area contributed by atoms with Crippen molar-refractivity contribution in [2.75, 3.05) is 13.2 Å². The number of hydrogen-bond donors (Lipinski definition) is 2. The zero-order valence-electron chi connectivity index (χ0n) is 13.8. The first kappa shape index (κ1) is 16.8. The van der Waals surface area contributed by atoms with Crippen LogP contribution in [0.1, 0.15) is 29.8 Å². The molecule has 0 saturated carbocycles. The van der Waals surface area contributed by atoms with E-state index < -0.39 is 0 Å². The van der Waals surface area contributed by atoms with Gasteiger partial charge in [0.05, 0.1) is 18.3 Å². The monoisotopic (exact) mass is 313 g/mol. The van der Waals surface area contributed by atoms with Gasteiger partial charge in [-0.25, -0.2) is 4.79 Å². The van der Waals surface area contributed by atoms with Gasteiger partial charge in [0.25, 0.3) is 0 Å². The van der Waals surface area contributed by atoms with E-state index in [4.69, 9.17) is 4.74 Å². The van der Waals surface area contributed by atoms with E-state index in [1.807, 2.05) is 51.1 Å². The van der Waals surface area contributed by atoms with Gasteiger partial charge >= 0.3 is 6.03 Å². The summed E-state index contributed by atoms with van der Waals surface area (Å²) in [6.45, 7) is 6.82. The minimum atomic E-state index is -0.229. The number of ether oxygens (including phenoxy) is 1. The zero-order valence-corrected chi connectivity index (χ0v) is 13.8. The maximum Gasteiger partial charge on any atom is 0.315 e. The van der Waals surface area contributed by atoms with Crippen LogP contribution in [0.2, 0.25) is 0 Å². The molecule has 2 N–H and O–H groups in total. The molecule has 0 bridgehead atoms. The van der Waals surface area contributed by atoms with Gasteiger partial charge in [0, 0.05) is 6.20 Å². The van der Waals surface area contributed by atoms with E-state index in [9.17, 15) is 4.79 Å². The second-order valence-electron chi connectivity index (χ2n) is 5.49. The molecule has 0 aliphatic carbocycles. The molecule has 0 radical (unpaired) electrons. The summed E-state index contributed by atoms with van der Waals surface area (Å²) >= 11 is 0. The molecule has 2 amide bonds. The second-order valence-corrected chi connectivity index (χ2v) is 5.49. The van der Waals surface area contributed by atoms with Gasteiger partial charge in [0.2, 0.25) is 0 Å². The van der Waals surface area contributed by atoms with Crippen molar-refractivity contribution in [3.05, 3.63) is 59.4 Å². The van der Waals surface area contributed by atoms with Gasteiger partial charge in [0.15, 0.2) is 0 Å². The lowest BCUT2D eigenvalue weighted by Crippen LogP contribution is -2.39. The number of nitrogens with zero attached hydrogens (tertiary/aromatic N) is 1. The van der Waals surface area contributed by atoms with Gasteiger partial charge in [-0.1, -0.05) is 23.8 Å². The summed E-state index contributed by atoms with van der Waals surface area (Å²) in [7, 11) is 0. The summed E-state index contributed by atoms with van der Waals surface area (Å²) in [5, 5.41) is 5.63. The fourth-order valence-electron chi connectivity index (χ4n) is 2.24. The van der Waals surface area contributed by atoms with Crippen LogP contribution in [0.25, 0.3) is 0 Å². The van der Waals surface area contributed by atoms with Crippen LogP contribution in [0, 0.1) is 13.8 Å². The normalized spacial score (nSPS) is 11.6. The molecule has 1 atom stereocenters. The van der Waals surface area contributed by atoms with E-state index in [0.717, 1.165) is 17.0 Å². The Hall–Kier alpha value is -2.56. The Labute approximate surface area is 137 Å². The molecule has 5 heteroatoms. The molecule has 0 saturated heterocycles. The van der Waals surface area contributed by atoms with Crippen molar-refractivity contribution in [3.8, 4) is 5.75 Å². The average Bonchev–Trinajstić information content (AvgIpc) is 2.54. The third-order valence-corrected chi connectivity index (χ3v) is 3.45. The molecule has 0 aliphatic rings. The third kappa shape index (κ3) is 5.29. The van der Waals surface area contributed by atoms with Crippen LogP contribution in [-0.2, 0) is 0 Å². The molecule has 1 aromatic heterocycles. The predicted molar refractivity (Wildman–Crippen MR) is 90.6 cm³/mol. The largest absolute Gasteiger partial charge is 0.491 e. The molecule has 5 nitrogen and oxygen atoms in total. The maximum absolute atomic E-state index is 11.8. The maximum atomic E-state index is 11.8. The first-order valence-corrected chi connectivity index (χ1v) is 7.71. The zero-order chi connectivity index (χ0) is 16.7. The van der Waals surface area contributed by atoms with Crippen LogP contribution in [-0.4, -0.2) is 24.2 Å². The van der Waals surface area contributed by atoms with Crippen molar-refractivity contribution in [2.45, 2.75) is 26.8 Å². The Balaban J connectivity index is 1.70. The highest BCUT2D eigenvalue weighted by Crippen LogP contribution is 2.18. The summed E-state index contributed by atoms with van der Waals surface area (Å²) < 4.78 is 5.68. The highest BCUT2D eigenvalue weighted by Gasteiger charge is 2.09. The molecule has 2 rings (SSSR count). The first-order chi connectivity index (χ1) is 11.1. The van der Waals surface area contributed by atoms with Gasteiger partial charge in [-0.2, -0.15) is 0 Å². The predicted octanol–water partition coefficient (Wildman–Crippen LogP) is 3.14. The number of urea groups is 1. The number of amides is 2. The number of nitrogens with one attached hydrogen (secondary N) is 2. The Morgan fingerprint density at radius 3 is 2.78 bits per heavy atom. The van der Waals surface area contributed by atoms with Crippen LogP contribution in [0.3, 0.4) is 0 Å². The van der Waals surface area contributed by atoms with Crippen LogP contribution in [0.4, 0.5) is 4.79 Å². The Bertz CT molecular complexity index is 644. The van der Waals surface area contributed by atoms with Gasteiger partial charge < -0.3 is 15.4 Å². The van der Waals surface area contributed by atoms with E-state index in [1.165, 1.54) is 5.56 Å². The molecule has 2 aromatic rings. The molecule has 0 aliphatic heterocycles. The highest BCUT2D eigenvalue weighted by molar-refractivity contribution is 5.74. The molecule has 122 valence electrons. The minimum Gasteiger partial charge on any atom is -0.491 e. The molecule has 0 spiro atoms. The molecule has 1 heterocycles. The number of pyridine rings is 1. The van der Waals surface area contributed by atoms with Crippen molar-refractivity contribution in [1.82, 2.24) is 15.6 Å². The van der Waals surface area contributed by atoms with Crippen LogP contribution < -0.4 is 15.4 Å². The van der Waals surface area contributed by atoms with E-state index in [0.29, 0.717) is 13.2 Å². The Morgan fingerprint density at radius 1 is 1.26 bits per heavy atom. The average molecular weight is 313 g/mol. The molecule has 23 heavy (non-hydrogen) atoms. The topological polar surface area (TPSA) is 63.2 Å². The summed E-state index contributed by atoms with van der Waals surface area (Å²) in [6.07, 6.45) is 1.71. The Kier molecular flexibility index (Phi) is 5.97. The SMILES string of the molecule is Cc1ccc(OCCNC(=O)N[C@@H](C)c2ccccn2)c(C)c1. The number of benzene rings is 1. The van der Waals surface area contributed by atoms with E-state index >= 15 is 0 Å².